The summed E-state index contributed by atoms with van der Waals surface area (Å²) in [5.41, 5.74) is 6.07. The predicted molar refractivity (Wildman–Crippen MR) is 75.7 cm³/mol. The summed E-state index contributed by atoms with van der Waals surface area (Å²) < 4.78 is 2.80. The number of hydrogen-bond acceptors (Lipinski definition) is 2. The first-order valence-corrected chi connectivity index (χ1v) is 6.05. The van der Waals surface area contributed by atoms with Crippen LogP contribution < -0.4 is 11.1 Å². The molecule has 98 valence electrons. The summed E-state index contributed by atoms with van der Waals surface area (Å²) in [5.74, 6) is -0.0916. The number of carbonyl (C=O) groups excluding carboxylic acids is 1. The van der Waals surface area contributed by atoms with E-state index in [0.29, 0.717) is 12.2 Å². The lowest BCUT2D eigenvalue weighted by Gasteiger charge is -2.19. The summed E-state index contributed by atoms with van der Waals surface area (Å²) in [6, 6.07) is 1.81. The average Bonchev–Trinajstić information content (AvgIpc) is 2.55. The summed E-state index contributed by atoms with van der Waals surface area (Å²) in [4.78, 5) is 11.9. The molecular weight excluding hydrogens is 305 g/mol. The first-order chi connectivity index (χ1) is 7.33. The van der Waals surface area contributed by atoms with Crippen LogP contribution in [0.15, 0.2) is 16.7 Å². The Morgan fingerprint density at radius 1 is 1.59 bits per heavy atom. The van der Waals surface area contributed by atoms with Crippen molar-refractivity contribution in [3.63, 3.8) is 0 Å². The molecule has 0 radical (unpaired) electrons. The smallest absolute Gasteiger partial charge is 0.268 e. The molecule has 1 amide bonds. The Hall–Kier alpha value is -0.520. The van der Waals surface area contributed by atoms with Crippen molar-refractivity contribution in [3.8, 4) is 0 Å². The third-order valence-corrected chi connectivity index (χ3v) is 2.57. The molecule has 6 heteroatoms. The van der Waals surface area contributed by atoms with Gasteiger partial charge in [-0.1, -0.05) is 0 Å². The Labute approximate surface area is 116 Å². The van der Waals surface area contributed by atoms with Crippen molar-refractivity contribution < 1.29 is 4.79 Å². The summed E-state index contributed by atoms with van der Waals surface area (Å²) in [6.45, 7) is 6.97. The number of nitrogens with zero attached hydrogens (tertiary/aromatic N) is 1. The van der Waals surface area contributed by atoms with Crippen molar-refractivity contribution in [2.45, 2.75) is 32.9 Å². The maximum atomic E-state index is 11.9. The second kappa shape index (κ2) is 6.42. The zero-order valence-corrected chi connectivity index (χ0v) is 12.7. The zero-order chi connectivity index (χ0) is 12.3. The average molecular weight is 325 g/mol. The minimum atomic E-state index is -0.392. The Bertz CT molecular complexity index is 385. The molecular formula is C11H19BrClN3O. The third-order valence-electron chi connectivity index (χ3n) is 2.14. The lowest BCUT2D eigenvalue weighted by molar-refractivity contribution is 0.0937. The maximum Gasteiger partial charge on any atom is 0.268 e. The fraction of sp³-hybridized carbons (Fsp3) is 0.545. The van der Waals surface area contributed by atoms with Crippen LogP contribution in [0.2, 0.25) is 0 Å². The highest BCUT2D eigenvalue weighted by atomic mass is 79.9. The second-order valence-electron chi connectivity index (χ2n) is 4.50. The van der Waals surface area contributed by atoms with Crippen molar-refractivity contribution in [1.82, 2.24) is 9.88 Å². The maximum absolute atomic E-state index is 11.9. The number of aryl methyl sites for hydroxylation is 1. The van der Waals surface area contributed by atoms with Gasteiger partial charge in [-0.15, -0.1) is 12.4 Å². The number of nitrogens with two attached hydrogens (primary N) is 1. The minimum absolute atomic E-state index is 0. The van der Waals surface area contributed by atoms with Crippen LogP contribution in [0.1, 0.15) is 31.3 Å². The molecule has 0 aliphatic rings. The van der Waals surface area contributed by atoms with E-state index in [9.17, 15) is 4.79 Å². The monoisotopic (exact) mass is 323 g/mol. The van der Waals surface area contributed by atoms with Gasteiger partial charge in [0.15, 0.2) is 0 Å². The summed E-state index contributed by atoms with van der Waals surface area (Å²) in [5, 5.41) is 2.82. The van der Waals surface area contributed by atoms with Gasteiger partial charge in [-0.05, 0) is 42.8 Å². The largest absolute Gasteiger partial charge is 0.349 e. The van der Waals surface area contributed by atoms with Crippen LogP contribution in [-0.4, -0.2) is 22.6 Å². The highest BCUT2D eigenvalue weighted by molar-refractivity contribution is 9.10. The quantitative estimate of drug-likeness (QED) is 0.891. The summed E-state index contributed by atoms with van der Waals surface area (Å²) in [7, 11) is 0. The Morgan fingerprint density at radius 2 is 2.18 bits per heavy atom. The molecule has 0 spiro atoms. The number of amides is 1. The number of rotatable bonds is 4. The van der Waals surface area contributed by atoms with E-state index in [1.165, 1.54) is 0 Å². The van der Waals surface area contributed by atoms with Gasteiger partial charge < -0.3 is 15.6 Å². The molecule has 3 N–H and O–H groups in total. The van der Waals surface area contributed by atoms with Crippen molar-refractivity contribution in [3.05, 3.63) is 22.4 Å². The van der Waals surface area contributed by atoms with E-state index in [1.54, 1.807) is 0 Å². The standard InChI is InChI=1S/C11H18BrN3O.ClH/c1-4-15-6-8(12)5-9(15)10(16)14-7-11(2,3)13;/h5-6H,4,7,13H2,1-3H3,(H,14,16);1H. The first-order valence-electron chi connectivity index (χ1n) is 5.26. The Kier molecular flexibility index (Phi) is 6.23. The minimum Gasteiger partial charge on any atom is -0.349 e. The van der Waals surface area contributed by atoms with Gasteiger partial charge in [0.1, 0.15) is 5.69 Å². The van der Waals surface area contributed by atoms with Crippen LogP contribution in [-0.2, 0) is 6.54 Å². The molecule has 0 aliphatic heterocycles. The van der Waals surface area contributed by atoms with Crippen LogP contribution in [0, 0.1) is 0 Å². The number of nitrogens with one attached hydrogen (secondary N) is 1. The number of aromatic nitrogens is 1. The SMILES string of the molecule is CCn1cc(Br)cc1C(=O)NCC(C)(C)N.Cl. The molecule has 0 aromatic carbocycles. The lowest BCUT2D eigenvalue weighted by Crippen LogP contribution is -2.45. The fourth-order valence-corrected chi connectivity index (χ4v) is 1.79. The van der Waals surface area contributed by atoms with E-state index in [0.717, 1.165) is 11.0 Å². The molecule has 0 aliphatic carbocycles. The topological polar surface area (TPSA) is 60.0 Å². The molecule has 1 rings (SSSR count). The highest BCUT2D eigenvalue weighted by Gasteiger charge is 2.16. The fourth-order valence-electron chi connectivity index (χ4n) is 1.33. The van der Waals surface area contributed by atoms with Crippen molar-refractivity contribution >= 4 is 34.2 Å². The van der Waals surface area contributed by atoms with E-state index < -0.39 is 5.54 Å². The highest BCUT2D eigenvalue weighted by Crippen LogP contribution is 2.14. The molecule has 4 nitrogen and oxygen atoms in total. The second-order valence-corrected chi connectivity index (χ2v) is 5.42. The molecule has 0 bridgehead atoms. The van der Waals surface area contributed by atoms with Crippen LogP contribution in [0.4, 0.5) is 0 Å². The molecule has 17 heavy (non-hydrogen) atoms. The Balaban J connectivity index is 0.00000256. The number of carbonyl (C=O) groups is 1. The van der Waals surface area contributed by atoms with Gasteiger partial charge in [-0.25, -0.2) is 0 Å². The van der Waals surface area contributed by atoms with Gasteiger partial charge in [0.25, 0.3) is 5.91 Å². The number of hydrogen-bond donors (Lipinski definition) is 2. The van der Waals surface area contributed by atoms with Gasteiger partial charge in [0.2, 0.25) is 0 Å². The van der Waals surface area contributed by atoms with Crippen LogP contribution >= 0.6 is 28.3 Å². The summed E-state index contributed by atoms with van der Waals surface area (Å²) in [6.07, 6.45) is 1.89. The van der Waals surface area contributed by atoms with Gasteiger partial charge in [-0.3, -0.25) is 4.79 Å². The molecule has 0 unspecified atom stereocenters. The predicted octanol–water partition coefficient (Wildman–Crippen LogP) is 2.16. The van der Waals surface area contributed by atoms with Crippen LogP contribution in [0.3, 0.4) is 0 Å². The Morgan fingerprint density at radius 3 is 2.65 bits per heavy atom. The van der Waals surface area contributed by atoms with Gasteiger partial charge in [-0.2, -0.15) is 0 Å². The lowest BCUT2D eigenvalue weighted by atomic mass is 10.1. The van der Waals surface area contributed by atoms with E-state index in [4.69, 9.17) is 5.73 Å². The molecule has 0 saturated heterocycles. The van der Waals surface area contributed by atoms with Crippen LogP contribution in [0.25, 0.3) is 0 Å². The van der Waals surface area contributed by atoms with E-state index in [1.807, 2.05) is 37.6 Å². The number of halogens is 2. The van der Waals surface area contributed by atoms with Crippen molar-refractivity contribution in [1.29, 1.82) is 0 Å². The molecule has 0 atom stereocenters. The molecule has 1 heterocycles. The van der Waals surface area contributed by atoms with Gasteiger partial charge in [0, 0.05) is 29.3 Å². The molecule has 1 aromatic rings. The molecule has 0 fully saturated rings. The van der Waals surface area contributed by atoms with Crippen molar-refractivity contribution in [2.24, 2.45) is 5.73 Å². The van der Waals surface area contributed by atoms with Gasteiger partial charge >= 0.3 is 0 Å². The summed E-state index contributed by atoms with van der Waals surface area (Å²) >= 11 is 3.36. The zero-order valence-electron chi connectivity index (χ0n) is 10.3. The molecule has 0 saturated carbocycles. The molecule has 1 aromatic heterocycles. The first kappa shape index (κ1) is 16.5. The van der Waals surface area contributed by atoms with Crippen molar-refractivity contribution in [2.75, 3.05) is 6.54 Å². The third kappa shape index (κ3) is 5.10. The van der Waals surface area contributed by atoms with E-state index in [2.05, 4.69) is 21.2 Å². The van der Waals surface area contributed by atoms with Crippen LogP contribution in [0.5, 0.6) is 0 Å². The van der Waals surface area contributed by atoms with E-state index >= 15 is 0 Å². The normalized spacial score (nSPS) is 10.9. The van der Waals surface area contributed by atoms with Gasteiger partial charge in [0.05, 0.1) is 0 Å². The van der Waals surface area contributed by atoms with E-state index in [-0.39, 0.29) is 18.3 Å².